The number of hydrogen-bond acceptors (Lipinski definition) is 3. The first-order valence-electron chi connectivity index (χ1n) is 11.0. The molecule has 0 spiro atoms. The smallest absolute Gasteiger partial charge is 0.255 e. The number of nitrogens with zero attached hydrogens (tertiary/aromatic N) is 3. The van der Waals surface area contributed by atoms with E-state index in [0.29, 0.717) is 40.1 Å². The van der Waals surface area contributed by atoms with Crippen LogP contribution in [0.1, 0.15) is 21.6 Å². The Morgan fingerprint density at radius 3 is 2.43 bits per heavy atom. The molecule has 2 heterocycles. The number of hydrogen-bond donors (Lipinski definition) is 0. The van der Waals surface area contributed by atoms with Crippen molar-refractivity contribution in [2.24, 2.45) is 0 Å². The van der Waals surface area contributed by atoms with Crippen molar-refractivity contribution in [2.45, 2.75) is 13.0 Å². The van der Waals surface area contributed by atoms with E-state index in [4.69, 9.17) is 39.8 Å². The molecule has 1 amide bonds. The first-order valence-corrected chi connectivity index (χ1v) is 13.0. The SMILES string of the molecule is O=C(c1ccc(Cl)cc1Cl)N(CCc1csc2nc(-c3ccc(Cl)cc3)cn12)Cc1ccccc1. The maximum atomic E-state index is 13.5. The number of aromatic nitrogens is 2. The van der Waals surface area contributed by atoms with Crippen molar-refractivity contribution in [2.75, 3.05) is 6.54 Å². The second-order valence-corrected chi connectivity index (χ2v) is 10.2. The standard InChI is InChI=1S/C27H20Cl3N3OS/c28-20-8-6-19(7-9-20)25-16-33-22(17-35-27(33)31-25)12-13-32(15-18-4-2-1-3-5-18)26(34)23-11-10-21(29)14-24(23)30/h1-11,14,16-17H,12-13,15H2. The molecule has 0 aliphatic rings. The van der Waals surface area contributed by atoms with E-state index >= 15 is 0 Å². The van der Waals surface area contributed by atoms with Gasteiger partial charge in [0.15, 0.2) is 4.96 Å². The highest BCUT2D eigenvalue weighted by atomic mass is 35.5. The second-order valence-electron chi connectivity index (χ2n) is 8.10. The number of benzene rings is 3. The molecule has 35 heavy (non-hydrogen) atoms. The zero-order valence-corrected chi connectivity index (χ0v) is 21.6. The zero-order valence-electron chi connectivity index (χ0n) is 18.5. The van der Waals surface area contributed by atoms with Crippen LogP contribution in [0.25, 0.3) is 16.2 Å². The molecule has 2 aromatic heterocycles. The molecular formula is C27H20Cl3N3OS. The number of carbonyl (C=O) groups is 1. The van der Waals surface area contributed by atoms with Crippen LogP contribution < -0.4 is 0 Å². The third kappa shape index (κ3) is 5.39. The van der Waals surface area contributed by atoms with Gasteiger partial charge in [-0.05, 0) is 35.9 Å². The summed E-state index contributed by atoms with van der Waals surface area (Å²) < 4.78 is 2.09. The van der Waals surface area contributed by atoms with E-state index in [2.05, 4.69) is 9.78 Å². The van der Waals surface area contributed by atoms with Crippen molar-refractivity contribution in [3.63, 3.8) is 0 Å². The summed E-state index contributed by atoms with van der Waals surface area (Å²) in [5.41, 5.74) is 4.48. The summed E-state index contributed by atoms with van der Waals surface area (Å²) in [6.07, 6.45) is 2.70. The van der Waals surface area contributed by atoms with Gasteiger partial charge < -0.3 is 4.90 Å². The van der Waals surface area contributed by atoms with E-state index < -0.39 is 0 Å². The summed E-state index contributed by atoms with van der Waals surface area (Å²) in [6.45, 7) is 0.999. The summed E-state index contributed by atoms with van der Waals surface area (Å²) in [6, 6.07) is 22.6. The molecule has 3 aromatic carbocycles. The van der Waals surface area contributed by atoms with E-state index in [9.17, 15) is 4.79 Å². The van der Waals surface area contributed by atoms with Crippen LogP contribution in [0.15, 0.2) is 84.4 Å². The van der Waals surface area contributed by atoms with E-state index in [1.165, 1.54) is 0 Å². The third-order valence-electron chi connectivity index (χ3n) is 5.73. The van der Waals surface area contributed by atoms with Crippen LogP contribution in [0, 0.1) is 0 Å². The lowest BCUT2D eigenvalue weighted by molar-refractivity contribution is 0.0745. The van der Waals surface area contributed by atoms with Crippen LogP contribution >= 0.6 is 46.1 Å². The van der Waals surface area contributed by atoms with Gasteiger partial charge in [0.25, 0.3) is 5.91 Å². The van der Waals surface area contributed by atoms with Gasteiger partial charge in [0.05, 0.1) is 16.3 Å². The molecule has 0 fully saturated rings. The Morgan fingerprint density at radius 1 is 0.943 bits per heavy atom. The monoisotopic (exact) mass is 539 g/mol. The van der Waals surface area contributed by atoms with E-state index in [-0.39, 0.29) is 5.91 Å². The molecule has 0 aliphatic carbocycles. The highest BCUT2D eigenvalue weighted by Crippen LogP contribution is 2.26. The summed E-state index contributed by atoms with van der Waals surface area (Å²) >= 11 is 20.0. The largest absolute Gasteiger partial charge is 0.334 e. The molecule has 0 radical (unpaired) electrons. The Labute approximate surface area is 222 Å². The van der Waals surface area contributed by atoms with Crippen molar-refractivity contribution < 1.29 is 4.79 Å². The predicted octanol–water partition coefficient (Wildman–Crippen LogP) is 7.91. The number of halogens is 3. The zero-order chi connectivity index (χ0) is 24.4. The molecule has 0 aliphatic heterocycles. The fourth-order valence-corrected chi connectivity index (χ4v) is 5.43. The van der Waals surface area contributed by atoms with E-state index in [0.717, 1.165) is 27.5 Å². The number of rotatable bonds is 7. The maximum absolute atomic E-state index is 13.5. The van der Waals surface area contributed by atoms with Crippen molar-refractivity contribution in [3.8, 4) is 11.3 Å². The van der Waals surface area contributed by atoms with Gasteiger partial charge in [-0.3, -0.25) is 9.20 Å². The predicted molar refractivity (Wildman–Crippen MR) is 145 cm³/mol. The highest BCUT2D eigenvalue weighted by molar-refractivity contribution is 7.15. The van der Waals surface area contributed by atoms with Crippen LogP contribution in [-0.4, -0.2) is 26.7 Å². The van der Waals surface area contributed by atoms with Gasteiger partial charge in [-0.2, -0.15) is 0 Å². The van der Waals surface area contributed by atoms with Crippen LogP contribution in [0.2, 0.25) is 15.1 Å². The minimum absolute atomic E-state index is 0.130. The summed E-state index contributed by atoms with van der Waals surface area (Å²) in [7, 11) is 0. The number of imidazole rings is 1. The molecule has 5 rings (SSSR count). The number of amides is 1. The van der Waals surface area contributed by atoms with Gasteiger partial charge in [0, 0.05) is 52.4 Å². The molecule has 4 nitrogen and oxygen atoms in total. The summed E-state index contributed by atoms with van der Waals surface area (Å²) in [5.74, 6) is -0.130. The molecule has 0 atom stereocenters. The number of thiazole rings is 1. The fraction of sp³-hybridized carbons (Fsp3) is 0.111. The van der Waals surface area contributed by atoms with Crippen LogP contribution in [0.3, 0.4) is 0 Å². The molecule has 0 unspecified atom stereocenters. The van der Waals surface area contributed by atoms with Crippen LogP contribution in [0.4, 0.5) is 0 Å². The molecule has 5 aromatic rings. The van der Waals surface area contributed by atoms with Gasteiger partial charge in [-0.25, -0.2) is 4.98 Å². The van der Waals surface area contributed by atoms with Gasteiger partial charge in [-0.15, -0.1) is 11.3 Å². The van der Waals surface area contributed by atoms with Gasteiger partial charge in [0.2, 0.25) is 0 Å². The van der Waals surface area contributed by atoms with E-state index in [1.807, 2.05) is 65.7 Å². The average Bonchev–Trinajstić information content (AvgIpc) is 3.44. The van der Waals surface area contributed by atoms with Crippen molar-refractivity contribution in [1.82, 2.24) is 14.3 Å². The first kappa shape index (κ1) is 23.9. The highest BCUT2D eigenvalue weighted by Gasteiger charge is 2.20. The van der Waals surface area contributed by atoms with Gasteiger partial charge in [-0.1, -0.05) is 77.3 Å². The lowest BCUT2D eigenvalue weighted by Crippen LogP contribution is -2.33. The van der Waals surface area contributed by atoms with Gasteiger partial charge >= 0.3 is 0 Å². The fourth-order valence-electron chi connectivity index (χ4n) is 3.91. The Balaban J connectivity index is 1.40. The molecule has 0 saturated heterocycles. The molecular weight excluding hydrogens is 521 g/mol. The lowest BCUT2D eigenvalue weighted by atomic mass is 10.1. The molecule has 8 heteroatoms. The van der Waals surface area contributed by atoms with E-state index in [1.54, 1.807) is 29.5 Å². The number of fused-ring (bicyclic) bond motifs is 1. The Hall–Kier alpha value is -2.83. The quantitative estimate of drug-likeness (QED) is 0.210. The maximum Gasteiger partial charge on any atom is 0.255 e. The minimum Gasteiger partial charge on any atom is -0.334 e. The second kappa shape index (κ2) is 10.4. The lowest BCUT2D eigenvalue weighted by Gasteiger charge is -2.23. The Bertz CT molecular complexity index is 1480. The molecule has 0 bridgehead atoms. The average molecular weight is 541 g/mol. The van der Waals surface area contributed by atoms with Crippen molar-refractivity contribution >= 4 is 57.0 Å². The third-order valence-corrected chi connectivity index (χ3v) is 7.41. The van der Waals surface area contributed by atoms with Crippen molar-refractivity contribution in [1.29, 1.82) is 0 Å². The summed E-state index contributed by atoms with van der Waals surface area (Å²) in [4.78, 5) is 21.0. The number of carbonyl (C=O) groups excluding carboxylic acids is 1. The molecule has 0 N–H and O–H groups in total. The Morgan fingerprint density at radius 2 is 1.69 bits per heavy atom. The molecule has 176 valence electrons. The van der Waals surface area contributed by atoms with Gasteiger partial charge in [0.1, 0.15) is 0 Å². The van der Waals surface area contributed by atoms with Crippen LogP contribution in [0.5, 0.6) is 0 Å². The first-order chi connectivity index (χ1) is 17.0. The topological polar surface area (TPSA) is 37.6 Å². The molecule has 0 saturated carbocycles. The minimum atomic E-state index is -0.130. The van der Waals surface area contributed by atoms with Crippen LogP contribution in [-0.2, 0) is 13.0 Å². The Kier molecular flexibility index (Phi) is 7.12. The normalized spacial score (nSPS) is 11.2. The van der Waals surface area contributed by atoms with Crippen molar-refractivity contribution in [3.05, 3.63) is 116 Å². The summed E-state index contributed by atoms with van der Waals surface area (Å²) in [5, 5.41) is 3.63.